The van der Waals surface area contributed by atoms with Crippen LogP contribution in [0, 0.1) is 56.2 Å². The minimum atomic E-state index is -2.05. The molecule has 0 bridgehead atoms. The Kier molecular flexibility index (Phi) is 16.5. The maximum absolute atomic E-state index is 14.8. The van der Waals surface area contributed by atoms with E-state index in [9.17, 15) is 76.0 Å². The zero-order valence-corrected chi connectivity index (χ0v) is 45.6. The summed E-state index contributed by atoms with van der Waals surface area (Å²) in [6.45, 7) is 15.9. The van der Waals surface area contributed by atoms with Gasteiger partial charge in [-0.05, 0) is 121 Å². The van der Waals surface area contributed by atoms with Crippen LogP contribution in [0.1, 0.15) is 126 Å². The molecular weight excluding hydrogens is 1010 g/mol. The van der Waals surface area contributed by atoms with Crippen molar-refractivity contribution in [3.63, 3.8) is 0 Å². The number of carboxylic acids is 1. The molecule has 77 heavy (non-hydrogen) atoms. The standard InChI is InChI=1S/C55H88O22/c1-23-19-26(33(59)36(62)32(23)58)71-43-38(64)35(61)28(22-57)73-47(43)76-44-40(66)39(65)42(45(68)69)75-48(44)74-31-12-13-52(6)29(51(31,4)5)11-14-54(8)30(52)10-9-24-25-20-50(2,3)15-17-55(25,18-16-53(24,54)7)49(70)77-46-41(67)37(63)34(60)27(21-56)72-46/h9,23,25-44,46-48,56-67H,10-22H2,1-8H3,(H,68,69). The Morgan fingerprint density at radius 2 is 1.19 bits per heavy atom. The molecule has 5 saturated carbocycles. The summed E-state index contributed by atoms with van der Waals surface area (Å²) >= 11 is 0. The molecule has 28 unspecified atom stereocenters. The van der Waals surface area contributed by atoms with Crippen molar-refractivity contribution in [2.24, 2.45) is 56.2 Å². The van der Waals surface area contributed by atoms with Gasteiger partial charge in [0.1, 0.15) is 79.4 Å². The van der Waals surface area contributed by atoms with Crippen molar-refractivity contribution in [2.45, 2.75) is 249 Å². The summed E-state index contributed by atoms with van der Waals surface area (Å²) in [4.78, 5) is 27.4. The number of hydrogen-bond acceptors (Lipinski definition) is 21. The van der Waals surface area contributed by atoms with Crippen LogP contribution in [-0.4, -0.2) is 214 Å². The van der Waals surface area contributed by atoms with Gasteiger partial charge in [-0.2, -0.15) is 0 Å². The molecule has 0 spiro atoms. The van der Waals surface area contributed by atoms with E-state index in [4.69, 9.17) is 33.2 Å². The molecule has 9 rings (SSSR count). The number of carboxylic acid groups (broad SMARTS) is 1. The van der Waals surface area contributed by atoms with Crippen molar-refractivity contribution < 1.29 is 109 Å². The molecule has 8 fully saturated rings. The first-order chi connectivity index (χ1) is 35.9. The van der Waals surface area contributed by atoms with Gasteiger partial charge < -0.3 is 99.5 Å². The van der Waals surface area contributed by atoms with Crippen molar-refractivity contribution in [1.82, 2.24) is 0 Å². The lowest BCUT2D eigenvalue weighted by molar-refractivity contribution is -0.382. The number of rotatable bonds is 11. The number of allylic oxidation sites excluding steroid dienone is 2. The highest BCUT2D eigenvalue weighted by Gasteiger charge is 2.70. The first-order valence-corrected chi connectivity index (χ1v) is 28.0. The van der Waals surface area contributed by atoms with Crippen molar-refractivity contribution in [1.29, 1.82) is 0 Å². The number of ether oxygens (including phenoxy) is 7. The predicted molar refractivity (Wildman–Crippen MR) is 265 cm³/mol. The molecule has 22 nitrogen and oxygen atoms in total. The topological polar surface area (TPSA) is 362 Å². The first kappa shape index (κ1) is 59.6. The fraction of sp³-hybridized carbons (Fsp3) is 0.927. The van der Waals surface area contributed by atoms with E-state index in [0.717, 1.165) is 32.1 Å². The van der Waals surface area contributed by atoms with Crippen LogP contribution in [0.3, 0.4) is 0 Å². The Hall–Kier alpha value is -2.04. The molecule has 3 heterocycles. The summed E-state index contributed by atoms with van der Waals surface area (Å²) in [6.07, 6.45) is -23.1. The highest BCUT2D eigenvalue weighted by atomic mass is 16.8. The van der Waals surface area contributed by atoms with Crippen molar-refractivity contribution in [2.75, 3.05) is 13.2 Å². The summed E-state index contributed by atoms with van der Waals surface area (Å²) in [7, 11) is 0. The fourth-order valence-corrected chi connectivity index (χ4v) is 16.9. The number of fused-ring (bicyclic) bond motifs is 7. The Balaban J connectivity index is 0.972. The van der Waals surface area contributed by atoms with Gasteiger partial charge >= 0.3 is 11.9 Å². The SMILES string of the molecule is CC1CC(OC2C(OC3C(OC4CCC5(C)C(CCC6(C)C5CC=C5C7CC(C)(C)CCC7(C(=O)OC7OC(CO)C(O)C(O)C7O)CCC56C)C4(C)C)OC(C(=O)O)C(O)C3O)OC(CO)C(O)C2O)C(O)C(O)C1O. The number of aliphatic hydroxyl groups excluding tert-OH is 12. The van der Waals surface area contributed by atoms with E-state index in [0.29, 0.717) is 32.1 Å². The maximum atomic E-state index is 14.8. The van der Waals surface area contributed by atoms with Crippen LogP contribution >= 0.6 is 0 Å². The van der Waals surface area contributed by atoms with Gasteiger partial charge in [0.2, 0.25) is 6.29 Å². The fourth-order valence-electron chi connectivity index (χ4n) is 16.9. The molecule has 22 heteroatoms. The van der Waals surface area contributed by atoms with E-state index in [1.54, 1.807) is 6.92 Å². The lowest BCUT2D eigenvalue weighted by Crippen LogP contribution is -2.68. The average molecular weight is 1100 g/mol. The third-order valence-electron chi connectivity index (χ3n) is 21.9. The number of carbonyl (C=O) groups is 2. The Morgan fingerprint density at radius 1 is 0.610 bits per heavy atom. The molecule has 0 amide bonds. The average Bonchev–Trinajstić information content (AvgIpc) is 3.55. The van der Waals surface area contributed by atoms with E-state index in [1.165, 1.54) is 5.57 Å². The highest BCUT2D eigenvalue weighted by Crippen LogP contribution is 2.76. The van der Waals surface area contributed by atoms with E-state index < -0.39 is 165 Å². The van der Waals surface area contributed by atoms with Crippen molar-refractivity contribution in [3.8, 4) is 0 Å². The zero-order chi connectivity index (χ0) is 56.4. The van der Waals surface area contributed by atoms with Crippen LogP contribution in [0.15, 0.2) is 11.6 Å². The minimum absolute atomic E-state index is 0.00450. The van der Waals surface area contributed by atoms with Crippen LogP contribution < -0.4 is 0 Å². The van der Waals surface area contributed by atoms with Gasteiger partial charge in [-0.15, -0.1) is 0 Å². The smallest absolute Gasteiger partial charge is 0.335 e. The number of carbonyl (C=O) groups excluding carboxylic acids is 1. The van der Waals surface area contributed by atoms with Crippen molar-refractivity contribution in [3.05, 3.63) is 11.6 Å². The molecule has 6 aliphatic carbocycles. The van der Waals surface area contributed by atoms with Crippen LogP contribution in [0.2, 0.25) is 0 Å². The summed E-state index contributed by atoms with van der Waals surface area (Å²) in [5.41, 5.74) is -1.31. The van der Waals surface area contributed by atoms with E-state index in [2.05, 4.69) is 54.5 Å². The number of esters is 1. The second-order valence-electron chi connectivity index (χ2n) is 26.8. The Morgan fingerprint density at radius 3 is 1.84 bits per heavy atom. The molecule has 3 aliphatic heterocycles. The van der Waals surface area contributed by atoms with Crippen LogP contribution in [0.5, 0.6) is 0 Å². The number of hydrogen-bond donors (Lipinski definition) is 13. The minimum Gasteiger partial charge on any atom is -0.479 e. The molecule has 28 atom stereocenters. The molecule has 0 aromatic carbocycles. The second kappa shape index (κ2) is 21.3. The van der Waals surface area contributed by atoms with E-state index in [-0.39, 0.29) is 45.8 Å². The second-order valence-corrected chi connectivity index (χ2v) is 26.8. The summed E-state index contributed by atoms with van der Waals surface area (Å²) in [5.74, 6) is -2.69. The summed E-state index contributed by atoms with van der Waals surface area (Å²) in [6, 6.07) is 0. The Bertz CT molecular complexity index is 2180. The van der Waals surface area contributed by atoms with Gasteiger partial charge in [0.25, 0.3) is 0 Å². The molecule has 0 radical (unpaired) electrons. The number of aliphatic carboxylic acids is 1. The van der Waals surface area contributed by atoms with Gasteiger partial charge in [-0.3, -0.25) is 4.79 Å². The van der Waals surface area contributed by atoms with Gasteiger partial charge in [-0.25, -0.2) is 4.79 Å². The lowest BCUT2D eigenvalue weighted by atomic mass is 9.33. The largest absolute Gasteiger partial charge is 0.479 e. The van der Waals surface area contributed by atoms with Crippen LogP contribution in [-0.2, 0) is 42.7 Å². The van der Waals surface area contributed by atoms with Crippen molar-refractivity contribution >= 4 is 11.9 Å². The van der Waals surface area contributed by atoms with Gasteiger partial charge in [0, 0.05) is 0 Å². The molecular formula is C55H88O22. The third kappa shape index (κ3) is 9.67. The first-order valence-electron chi connectivity index (χ1n) is 28.0. The zero-order valence-electron chi connectivity index (χ0n) is 45.6. The summed E-state index contributed by atoms with van der Waals surface area (Å²) < 4.78 is 42.9. The van der Waals surface area contributed by atoms with Gasteiger partial charge in [0.15, 0.2) is 18.7 Å². The summed E-state index contributed by atoms with van der Waals surface area (Å²) in [5, 5.41) is 139. The van der Waals surface area contributed by atoms with Gasteiger partial charge in [0.05, 0.1) is 36.9 Å². The molecule has 440 valence electrons. The monoisotopic (exact) mass is 1100 g/mol. The lowest BCUT2D eigenvalue weighted by Gasteiger charge is -2.71. The molecule has 9 aliphatic rings. The molecule has 13 N–H and O–H groups in total. The molecule has 3 saturated heterocycles. The molecule has 0 aromatic heterocycles. The Labute approximate surface area is 449 Å². The quantitative estimate of drug-likeness (QED) is 0.0721. The normalized spacial score (nSPS) is 53.4. The van der Waals surface area contributed by atoms with Crippen LogP contribution in [0.25, 0.3) is 0 Å². The molecule has 0 aromatic rings. The number of aliphatic hydroxyl groups is 12. The highest BCUT2D eigenvalue weighted by molar-refractivity contribution is 5.79. The van der Waals surface area contributed by atoms with E-state index >= 15 is 0 Å². The third-order valence-corrected chi connectivity index (χ3v) is 21.9. The predicted octanol–water partition coefficient (Wildman–Crippen LogP) is -0.252. The van der Waals surface area contributed by atoms with E-state index in [1.807, 2.05) is 0 Å². The maximum Gasteiger partial charge on any atom is 0.335 e. The van der Waals surface area contributed by atoms with Gasteiger partial charge in [-0.1, -0.05) is 67.0 Å². The van der Waals surface area contributed by atoms with Crippen LogP contribution in [0.4, 0.5) is 0 Å².